The minimum atomic E-state index is -0.670. The number of carbonyl (C=O) groups is 2. The van der Waals surface area contributed by atoms with Gasteiger partial charge in [0.2, 0.25) is 5.75 Å². The molecule has 1 aliphatic carbocycles. The Labute approximate surface area is 256 Å². The van der Waals surface area contributed by atoms with E-state index < -0.39 is 24.1 Å². The molecule has 0 radical (unpaired) electrons. The zero-order valence-electron chi connectivity index (χ0n) is 26.0. The maximum Gasteiger partial charge on any atom is 0.338 e. The van der Waals surface area contributed by atoms with Crippen LogP contribution in [0.4, 0.5) is 0 Å². The van der Waals surface area contributed by atoms with Crippen molar-refractivity contribution in [1.82, 2.24) is 9.88 Å². The molecule has 236 valence electrons. The molecule has 0 spiro atoms. The first kappa shape index (κ1) is 30.1. The molecule has 11 heteroatoms. The predicted molar refractivity (Wildman–Crippen MR) is 161 cm³/mol. The van der Waals surface area contributed by atoms with Gasteiger partial charge in [0.15, 0.2) is 11.5 Å². The molecule has 44 heavy (non-hydrogen) atoms. The number of rotatable bonds is 8. The summed E-state index contributed by atoms with van der Waals surface area (Å²) in [6.07, 6.45) is 0.907. The second-order valence-electron chi connectivity index (χ2n) is 11.7. The van der Waals surface area contributed by atoms with Gasteiger partial charge in [-0.1, -0.05) is 0 Å². The predicted octanol–water partition coefficient (Wildman–Crippen LogP) is 4.17. The summed E-state index contributed by atoms with van der Waals surface area (Å²) in [6.45, 7) is 1.67. The Hall–Kier alpha value is -3.96. The Bertz CT molecular complexity index is 1530. The number of esters is 2. The molecule has 0 bridgehead atoms. The number of hydrogen-bond donors (Lipinski definition) is 1. The SMILES string of the molecule is COC(=O)[C@@H]1[C@@H]2C[C@@H]3c4[nH]c5ccc(OC)cc5c4CCN3C[C@@H]2C[C@@H](OC(=O)c2cc(OC)c(OC)c(OC)c2)[C@H]1OC. The van der Waals surface area contributed by atoms with Crippen LogP contribution in [-0.2, 0) is 25.4 Å². The van der Waals surface area contributed by atoms with Crippen molar-refractivity contribution >= 4 is 22.8 Å². The minimum Gasteiger partial charge on any atom is -0.497 e. The van der Waals surface area contributed by atoms with Crippen molar-refractivity contribution in [2.24, 2.45) is 17.8 Å². The topological polar surface area (TPSA) is 118 Å². The lowest BCUT2D eigenvalue weighted by Crippen LogP contribution is -2.58. The number of fused-ring (bicyclic) bond motifs is 6. The highest BCUT2D eigenvalue weighted by molar-refractivity contribution is 5.91. The van der Waals surface area contributed by atoms with Crippen LogP contribution < -0.4 is 18.9 Å². The first-order chi connectivity index (χ1) is 21.3. The molecule has 1 saturated carbocycles. The number of nitrogens with zero attached hydrogens (tertiary/aromatic N) is 1. The van der Waals surface area contributed by atoms with Gasteiger partial charge in [-0.3, -0.25) is 9.69 Å². The number of hydrogen-bond acceptors (Lipinski definition) is 10. The zero-order chi connectivity index (χ0) is 31.1. The number of aromatic amines is 1. The number of methoxy groups -OCH3 is 6. The summed E-state index contributed by atoms with van der Waals surface area (Å²) in [6, 6.07) is 9.37. The van der Waals surface area contributed by atoms with Crippen molar-refractivity contribution in [2.45, 2.75) is 37.5 Å². The lowest BCUT2D eigenvalue weighted by atomic mass is 9.63. The van der Waals surface area contributed by atoms with Crippen LogP contribution in [0.3, 0.4) is 0 Å². The Balaban J connectivity index is 1.29. The van der Waals surface area contributed by atoms with Gasteiger partial charge in [0.1, 0.15) is 18.0 Å². The third-order valence-corrected chi connectivity index (χ3v) is 9.76. The van der Waals surface area contributed by atoms with Gasteiger partial charge in [0.05, 0.1) is 53.1 Å². The summed E-state index contributed by atoms with van der Waals surface area (Å²) in [5.41, 5.74) is 3.84. The van der Waals surface area contributed by atoms with Crippen molar-refractivity contribution in [3.05, 3.63) is 47.2 Å². The first-order valence-corrected chi connectivity index (χ1v) is 14.9. The maximum absolute atomic E-state index is 13.5. The minimum absolute atomic E-state index is 0.0170. The van der Waals surface area contributed by atoms with Crippen LogP contribution in [0.1, 0.15) is 40.5 Å². The summed E-state index contributed by atoms with van der Waals surface area (Å²) in [4.78, 5) is 33.1. The Kier molecular flexibility index (Phi) is 8.34. The number of H-pyrrole nitrogens is 1. The van der Waals surface area contributed by atoms with Crippen molar-refractivity contribution in [2.75, 3.05) is 55.7 Å². The van der Waals surface area contributed by atoms with Crippen LogP contribution in [0.2, 0.25) is 0 Å². The van der Waals surface area contributed by atoms with E-state index in [0.717, 1.165) is 37.2 Å². The van der Waals surface area contributed by atoms with Gasteiger partial charge in [-0.25, -0.2) is 4.79 Å². The molecular weight excluding hydrogens is 568 g/mol. The van der Waals surface area contributed by atoms with Gasteiger partial charge >= 0.3 is 11.9 Å². The number of piperidine rings is 1. The smallest absolute Gasteiger partial charge is 0.338 e. The summed E-state index contributed by atoms with van der Waals surface area (Å²) in [5, 5.41) is 1.18. The summed E-state index contributed by atoms with van der Waals surface area (Å²) >= 11 is 0. The molecule has 2 aromatic carbocycles. The fourth-order valence-corrected chi connectivity index (χ4v) is 7.75. The second-order valence-corrected chi connectivity index (χ2v) is 11.7. The van der Waals surface area contributed by atoms with E-state index in [1.54, 1.807) is 26.4 Å². The third kappa shape index (κ3) is 5.01. The molecule has 6 atom stereocenters. The highest BCUT2D eigenvalue weighted by Gasteiger charge is 2.54. The van der Waals surface area contributed by atoms with Crippen molar-refractivity contribution in [3.8, 4) is 23.0 Å². The van der Waals surface area contributed by atoms with Crippen molar-refractivity contribution in [1.29, 1.82) is 0 Å². The second kappa shape index (κ2) is 12.2. The summed E-state index contributed by atoms with van der Waals surface area (Å²) < 4.78 is 39.1. The van der Waals surface area contributed by atoms with E-state index in [2.05, 4.69) is 22.0 Å². The van der Waals surface area contributed by atoms with Crippen molar-refractivity contribution < 1.29 is 42.7 Å². The normalized spacial score (nSPS) is 26.1. The van der Waals surface area contributed by atoms with Crippen LogP contribution >= 0.6 is 0 Å². The van der Waals surface area contributed by atoms with E-state index in [4.69, 9.17) is 33.2 Å². The van der Waals surface area contributed by atoms with E-state index in [-0.39, 0.29) is 29.4 Å². The van der Waals surface area contributed by atoms with Crippen LogP contribution in [0.5, 0.6) is 23.0 Å². The molecule has 2 fully saturated rings. The monoisotopic (exact) mass is 608 g/mol. The molecule has 6 rings (SSSR count). The largest absolute Gasteiger partial charge is 0.497 e. The number of ether oxygens (including phenoxy) is 7. The van der Waals surface area contributed by atoms with Crippen molar-refractivity contribution in [3.63, 3.8) is 0 Å². The lowest BCUT2D eigenvalue weighted by molar-refractivity contribution is -0.176. The van der Waals surface area contributed by atoms with E-state index in [1.807, 2.05) is 6.07 Å². The molecule has 1 saturated heterocycles. The highest BCUT2D eigenvalue weighted by Crippen LogP contribution is 2.51. The van der Waals surface area contributed by atoms with Gasteiger partial charge in [-0.2, -0.15) is 0 Å². The highest BCUT2D eigenvalue weighted by atomic mass is 16.6. The van der Waals surface area contributed by atoms with Crippen LogP contribution in [0.15, 0.2) is 30.3 Å². The summed E-state index contributed by atoms with van der Waals surface area (Å²) in [7, 11) is 9.11. The van der Waals surface area contributed by atoms with Crippen LogP contribution in [0, 0.1) is 17.8 Å². The van der Waals surface area contributed by atoms with Gasteiger partial charge in [0, 0.05) is 36.8 Å². The van der Waals surface area contributed by atoms with E-state index >= 15 is 0 Å². The quantitative estimate of drug-likeness (QED) is 0.374. The molecule has 3 aromatic rings. The molecule has 2 aliphatic heterocycles. The van der Waals surface area contributed by atoms with E-state index in [9.17, 15) is 9.59 Å². The van der Waals surface area contributed by atoms with Gasteiger partial charge in [-0.15, -0.1) is 0 Å². The summed E-state index contributed by atoms with van der Waals surface area (Å²) in [5.74, 6) is 0.463. The fourth-order valence-electron chi connectivity index (χ4n) is 7.75. The standard InChI is InChI=1S/C33H40N2O9/c1-38-19-7-8-23-22(14-19)20-9-10-35-16-18-13-27(44-32(36)17-11-25(39-2)30(41-4)26(12-17)40-3)31(42-5)28(33(37)43-6)21(18)15-24(35)29(20)34-23/h7-8,11-12,14,18,21,24,27-28,31,34H,9-10,13,15-16H2,1-6H3/t18-,21+,24+,27+,28+,31+/m0/s1. The van der Waals surface area contributed by atoms with E-state index in [0.29, 0.717) is 23.7 Å². The fraction of sp³-hybridized carbons (Fsp3) is 0.515. The number of nitrogens with one attached hydrogen (secondary N) is 1. The molecule has 11 nitrogen and oxygen atoms in total. The molecule has 3 heterocycles. The van der Waals surface area contributed by atoms with Gasteiger partial charge in [-0.05, 0) is 67.0 Å². The molecule has 0 unspecified atom stereocenters. The number of carbonyl (C=O) groups excluding carboxylic acids is 2. The molecule has 0 amide bonds. The average Bonchev–Trinajstić information content (AvgIpc) is 3.43. The Morgan fingerprint density at radius 3 is 2.30 bits per heavy atom. The van der Waals surface area contributed by atoms with Crippen LogP contribution in [0.25, 0.3) is 10.9 Å². The molecular formula is C33H40N2O9. The van der Waals surface area contributed by atoms with Gasteiger partial charge < -0.3 is 38.1 Å². The molecule has 3 aliphatic rings. The Morgan fingerprint density at radius 2 is 1.66 bits per heavy atom. The maximum atomic E-state index is 13.5. The lowest BCUT2D eigenvalue weighted by Gasteiger charge is -2.52. The average molecular weight is 609 g/mol. The van der Waals surface area contributed by atoms with Gasteiger partial charge in [0.25, 0.3) is 0 Å². The molecule has 1 N–H and O–H groups in total. The molecule has 1 aromatic heterocycles. The number of aromatic nitrogens is 1. The first-order valence-electron chi connectivity index (χ1n) is 14.9. The third-order valence-electron chi connectivity index (χ3n) is 9.76. The number of benzene rings is 2. The van der Waals surface area contributed by atoms with Crippen LogP contribution in [-0.4, -0.2) is 89.8 Å². The van der Waals surface area contributed by atoms with E-state index in [1.165, 1.54) is 45.1 Å². The Morgan fingerprint density at radius 1 is 0.909 bits per heavy atom. The zero-order valence-corrected chi connectivity index (χ0v) is 26.0.